The van der Waals surface area contributed by atoms with Crippen LogP contribution in [0.5, 0.6) is 0 Å². The van der Waals surface area contributed by atoms with Crippen LogP contribution in [-0.2, 0) is 4.87 Å². The first-order valence-corrected chi connectivity index (χ1v) is 11.7. The normalized spacial score (nSPS) is 18.0. The van der Waals surface area contributed by atoms with E-state index in [9.17, 15) is 0 Å². The molecule has 5 rings (SSSR count). The number of aryl methyl sites for hydroxylation is 3. The number of para-hydroxylation sites is 1. The highest BCUT2D eigenvalue weighted by atomic mass is 32.2. The molecular weight excluding hydrogens is 408 g/mol. The van der Waals surface area contributed by atoms with Crippen LogP contribution < -0.4 is 5.01 Å². The minimum Gasteiger partial charge on any atom is -0.239 e. The predicted molar refractivity (Wildman–Crippen MR) is 137 cm³/mol. The first kappa shape index (κ1) is 20.6. The highest BCUT2D eigenvalue weighted by Crippen LogP contribution is 2.55. The van der Waals surface area contributed by atoms with Crippen LogP contribution in [-0.4, -0.2) is 5.04 Å². The average Bonchev–Trinajstić information content (AvgIpc) is 3.21. The van der Waals surface area contributed by atoms with Gasteiger partial charge in [0.05, 0.1) is 5.69 Å². The van der Waals surface area contributed by atoms with Crippen molar-refractivity contribution in [2.45, 2.75) is 25.6 Å². The molecule has 0 saturated heterocycles. The molecule has 0 fully saturated rings. The maximum atomic E-state index is 5.25. The van der Waals surface area contributed by atoms with Crippen molar-refractivity contribution >= 4 is 22.5 Å². The third-order valence-electron chi connectivity index (χ3n) is 5.94. The molecule has 0 radical (unpaired) electrons. The van der Waals surface area contributed by atoms with Crippen molar-refractivity contribution in [2.24, 2.45) is 5.10 Å². The average molecular weight is 435 g/mol. The Bertz CT molecular complexity index is 1240. The van der Waals surface area contributed by atoms with Gasteiger partial charge in [0, 0.05) is 11.1 Å². The van der Waals surface area contributed by atoms with Crippen LogP contribution >= 0.6 is 11.8 Å². The van der Waals surface area contributed by atoms with E-state index in [4.69, 9.17) is 5.10 Å². The summed E-state index contributed by atoms with van der Waals surface area (Å²) in [5.74, 6) is 0. The van der Waals surface area contributed by atoms with Crippen LogP contribution in [0.15, 0.2) is 108 Å². The van der Waals surface area contributed by atoms with Gasteiger partial charge in [0.2, 0.25) is 0 Å². The second-order valence-corrected chi connectivity index (χ2v) is 9.49. The van der Waals surface area contributed by atoms with Crippen molar-refractivity contribution in [1.82, 2.24) is 0 Å². The molecule has 0 spiro atoms. The fraction of sp³-hybridized carbons (Fsp3) is 0.138. The predicted octanol–water partition coefficient (Wildman–Crippen LogP) is 7.43. The smallest absolute Gasteiger partial charge is 0.165 e. The molecule has 0 bridgehead atoms. The van der Waals surface area contributed by atoms with E-state index in [1.54, 1.807) is 0 Å². The number of benzene rings is 4. The van der Waals surface area contributed by atoms with Gasteiger partial charge in [0.1, 0.15) is 5.04 Å². The zero-order valence-electron chi connectivity index (χ0n) is 18.6. The summed E-state index contributed by atoms with van der Waals surface area (Å²) in [6, 6.07) is 36.4. The fourth-order valence-electron chi connectivity index (χ4n) is 4.73. The molecule has 0 aromatic heterocycles. The molecule has 1 heterocycles. The SMILES string of the molecule is Cc1cc(C)c([C@@]2(c3ccccc3)SC(c3ccccc3)=NN2c2ccccc2)c(C)c1. The number of rotatable bonds is 4. The van der Waals surface area contributed by atoms with E-state index in [1.807, 2.05) is 11.8 Å². The lowest BCUT2D eigenvalue weighted by atomic mass is 9.88. The summed E-state index contributed by atoms with van der Waals surface area (Å²) in [5.41, 5.74) is 8.59. The number of nitrogens with zero attached hydrogens (tertiary/aromatic N) is 2. The Hall–Kier alpha value is -3.30. The van der Waals surface area contributed by atoms with Gasteiger partial charge >= 0.3 is 0 Å². The second-order valence-electron chi connectivity index (χ2n) is 8.30. The van der Waals surface area contributed by atoms with Crippen molar-refractivity contribution < 1.29 is 0 Å². The van der Waals surface area contributed by atoms with E-state index < -0.39 is 4.87 Å². The van der Waals surface area contributed by atoms with E-state index in [2.05, 4.69) is 129 Å². The Morgan fingerprint density at radius 1 is 0.688 bits per heavy atom. The Kier molecular flexibility index (Phi) is 5.36. The van der Waals surface area contributed by atoms with Gasteiger partial charge in [-0.3, -0.25) is 0 Å². The highest BCUT2D eigenvalue weighted by molar-refractivity contribution is 8.15. The summed E-state index contributed by atoms with van der Waals surface area (Å²) in [4.78, 5) is -0.504. The van der Waals surface area contributed by atoms with Crippen LogP contribution in [0, 0.1) is 20.8 Å². The minimum absolute atomic E-state index is 0.504. The summed E-state index contributed by atoms with van der Waals surface area (Å²) >= 11 is 1.83. The van der Waals surface area contributed by atoms with Crippen LogP contribution in [0.1, 0.15) is 33.4 Å². The largest absolute Gasteiger partial charge is 0.239 e. The summed E-state index contributed by atoms with van der Waals surface area (Å²) in [5, 5.41) is 8.50. The van der Waals surface area contributed by atoms with Crippen molar-refractivity contribution in [3.63, 3.8) is 0 Å². The molecule has 0 aliphatic carbocycles. The second kappa shape index (κ2) is 8.33. The van der Waals surface area contributed by atoms with Crippen molar-refractivity contribution in [1.29, 1.82) is 0 Å². The standard InChI is InChI=1S/C29H26N2S/c1-21-19-22(2)27(23(3)20-21)29(25-15-9-5-10-16-25)31(26-17-11-6-12-18-26)30-28(32-29)24-13-7-4-8-14-24/h4-20H,1-3H3/t29-/m1/s1. The molecule has 4 aromatic carbocycles. The van der Waals surface area contributed by atoms with E-state index in [-0.39, 0.29) is 0 Å². The third kappa shape index (κ3) is 3.43. The Morgan fingerprint density at radius 3 is 1.81 bits per heavy atom. The van der Waals surface area contributed by atoms with Gasteiger partial charge in [-0.25, -0.2) is 5.01 Å². The number of anilines is 1. The van der Waals surface area contributed by atoms with Gasteiger partial charge in [-0.05, 0) is 49.6 Å². The van der Waals surface area contributed by atoms with Gasteiger partial charge in [-0.1, -0.05) is 108 Å². The molecule has 0 unspecified atom stereocenters. The maximum Gasteiger partial charge on any atom is 0.165 e. The number of hydrazone groups is 1. The summed E-state index contributed by atoms with van der Waals surface area (Å²) in [6.45, 7) is 6.62. The first-order chi connectivity index (χ1) is 15.6. The molecule has 0 saturated carbocycles. The summed E-state index contributed by atoms with van der Waals surface area (Å²) < 4.78 is 0. The summed E-state index contributed by atoms with van der Waals surface area (Å²) in [6.07, 6.45) is 0. The zero-order chi connectivity index (χ0) is 22.1. The van der Waals surface area contributed by atoms with Gasteiger partial charge in [-0.15, -0.1) is 0 Å². The Labute approximate surface area is 194 Å². The molecule has 158 valence electrons. The van der Waals surface area contributed by atoms with Crippen LogP contribution in [0.3, 0.4) is 0 Å². The lowest BCUT2D eigenvalue weighted by Crippen LogP contribution is -2.40. The number of hydrogen-bond donors (Lipinski definition) is 0. The molecule has 3 heteroatoms. The van der Waals surface area contributed by atoms with Gasteiger partial charge in [-0.2, -0.15) is 5.10 Å². The van der Waals surface area contributed by atoms with Gasteiger partial charge in [0.15, 0.2) is 4.87 Å². The van der Waals surface area contributed by atoms with Gasteiger partial charge < -0.3 is 0 Å². The summed E-state index contributed by atoms with van der Waals surface area (Å²) in [7, 11) is 0. The monoisotopic (exact) mass is 434 g/mol. The third-order valence-corrected chi connectivity index (χ3v) is 7.35. The van der Waals surface area contributed by atoms with Crippen LogP contribution in [0.4, 0.5) is 5.69 Å². The fourth-order valence-corrected chi connectivity index (χ4v) is 6.30. The highest BCUT2D eigenvalue weighted by Gasteiger charge is 2.49. The molecule has 0 N–H and O–H groups in total. The first-order valence-electron chi connectivity index (χ1n) is 10.9. The molecule has 1 aliphatic heterocycles. The molecule has 0 amide bonds. The quantitative estimate of drug-likeness (QED) is 0.332. The Morgan fingerprint density at radius 2 is 1.22 bits per heavy atom. The molecule has 32 heavy (non-hydrogen) atoms. The lowest BCUT2D eigenvalue weighted by Gasteiger charge is -2.39. The molecular formula is C29H26N2S. The van der Waals surface area contributed by atoms with Crippen LogP contribution in [0.25, 0.3) is 0 Å². The topological polar surface area (TPSA) is 15.6 Å². The molecule has 2 nitrogen and oxygen atoms in total. The Balaban J connectivity index is 1.83. The number of thioether (sulfide) groups is 1. The van der Waals surface area contributed by atoms with Crippen molar-refractivity contribution in [3.05, 3.63) is 137 Å². The molecule has 1 aliphatic rings. The van der Waals surface area contributed by atoms with E-state index in [0.717, 1.165) is 16.3 Å². The molecule has 1 atom stereocenters. The zero-order valence-corrected chi connectivity index (χ0v) is 19.4. The molecule has 4 aromatic rings. The van der Waals surface area contributed by atoms with Gasteiger partial charge in [0.25, 0.3) is 0 Å². The van der Waals surface area contributed by atoms with Crippen molar-refractivity contribution in [2.75, 3.05) is 5.01 Å². The van der Waals surface area contributed by atoms with E-state index in [1.165, 1.54) is 27.8 Å². The minimum atomic E-state index is -0.504. The van der Waals surface area contributed by atoms with Crippen LogP contribution in [0.2, 0.25) is 0 Å². The number of hydrogen-bond acceptors (Lipinski definition) is 3. The van der Waals surface area contributed by atoms with E-state index in [0.29, 0.717) is 0 Å². The van der Waals surface area contributed by atoms with Crippen molar-refractivity contribution in [3.8, 4) is 0 Å². The van der Waals surface area contributed by atoms with E-state index >= 15 is 0 Å². The lowest BCUT2D eigenvalue weighted by molar-refractivity contribution is 0.684. The maximum absolute atomic E-state index is 5.25.